The first-order valence-electron chi connectivity index (χ1n) is 13.7. The predicted molar refractivity (Wildman–Crippen MR) is 174 cm³/mol. The number of hydrogen-bond donors (Lipinski definition) is 4. The van der Waals surface area contributed by atoms with E-state index in [1.807, 2.05) is 79.1 Å². The van der Waals surface area contributed by atoms with Gasteiger partial charge in [0.25, 0.3) is 5.91 Å². The molecule has 2 radical (unpaired) electrons. The number of aromatic nitrogens is 1. The minimum Gasteiger partial charge on any atom is -0.481 e. The van der Waals surface area contributed by atoms with Gasteiger partial charge in [-0.15, -0.1) is 0 Å². The molecule has 1 amide bonds. The molecule has 45 heavy (non-hydrogen) atoms. The number of nitrogens with zero attached hydrogens (tertiary/aromatic N) is 1. The number of amides is 1. The number of carbonyl (C=O) groups excluding carboxylic acids is 1. The van der Waals surface area contributed by atoms with E-state index in [1.165, 1.54) is 12.1 Å². The van der Waals surface area contributed by atoms with Crippen LogP contribution in [0.2, 0.25) is 0 Å². The molecular weight excluding hydrogens is 611 g/mol. The van der Waals surface area contributed by atoms with Crippen molar-refractivity contribution in [3.05, 3.63) is 102 Å². The van der Waals surface area contributed by atoms with E-state index < -0.39 is 24.6 Å². The predicted octanol–water partition coefficient (Wildman–Crippen LogP) is 3.46. The van der Waals surface area contributed by atoms with E-state index in [2.05, 4.69) is 5.32 Å². The number of aliphatic carboxylic acids is 1. The van der Waals surface area contributed by atoms with Gasteiger partial charge in [-0.3, -0.25) is 9.59 Å². The van der Waals surface area contributed by atoms with E-state index in [4.69, 9.17) is 5.11 Å². The SMILES string of the molecule is CC(C)c1c(C(=O)Nc2ccccc2)c(-c2ccccc2)c(-c2ccc(F)cc2)n1CC[C@@H](O)C[C@@H](O)CC(=O)O.O.O.O.[Ca]. The van der Waals surface area contributed by atoms with E-state index in [9.17, 15) is 24.2 Å². The van der Waals surface area contributed by atoms with Crippen LogP contribution in [0.15, 0.2) is 84.9 Å². The van der Waals surface area contributed by atoms with Crippen LogP contribution in [0.25, 0.3) is 22.4 Å². The maximum atomic E-state index is 14.0. The summed E-state index contributed by atoms with van der Waals surface area (Å²) in [7, 11) is 0. The minimum absolute atomic E-state index is 0. The quantitative estimate of drug-likeness (QED) is 0.169. The summed E-state index contributed by atoms with van der Waals surface area (Å²) in [5.74, 6) is -1.93. The zero-order valence-corrected chi connectivity index (χ0v) is 27.5. The Morgan fingerprint density at radius 3 is 1.91 bits per heavy atom. The first-order chi connectivity index (χ1) is 19.7. The van der Waals surface area contributed by atoms with Crippen molar-refractivity contribution >= 4 is 55.3 Å². The van der Waals surface area contributed by atoms with Gasteiger partial charge in [0.1, 0.15) is 5.82 Å². The molecule has 0 unspecified atom stereocenters. The molecule has 0 aliphatic carbocycles. The van der Waals surface area contributed by atoms with Gasteiger partial charge >= 0.3 is 5.97 Å². The largest absolute Gasteiger partial charge is 0.481 e. The number of anilines is 1. The number of nitrogens with one attached hydrogen (secondary N) is 1. The standard InChI is InChI=1S/C33H35FN2O5.Ca.3H2O/c1-21(2)31-30(33(41)35-25-11-7-4-8-12-25)29(22-9-5-3-6-10-22)32(23-13-15-24(34)16-14-23)36(31)18-17-26(37)19-27(38)20-28(39)40;;;;/h3-16,21,26-27,37-38H,17-20H2,1-2H3,(H,35,41)(H,39,40);;3*1H2/t26-,27-;;;;/m1..../s1. The van der Waals surface area contributed by atoms with Crippen LogP contribution in [0.3, 0.4) is 0 Å². The summed E-state index contributed by atoms with van der Waals surface area (Å²) in [6, 6.07) is 24.8. The van der Waals surface area contributed by atoms with E-state index in [0.29, 0.717) is 28.1 Å². The Hall–Kier alpha value is -3.13. The molecule has 1 heterocycles. The summed E-state index contributed by atoms with van der Waals surface area (Å²) < 4.78 is 16.0. The Labute approximate surface area is 291 Å². The molecule has 12 heteroatoms. The van der Waals surface area contributed by atoms with Gasteiger partial charge in [-0.2, -0.15) is 0 Å². The number of benzene rings is 3. The van der Waals surface area contributed by atoms with Crippen molar-refractivity contribution in [2.45, 2.75) is 57.8 Å². The third kappa shape index (κ3) is 10.7. The molecule has 4 aromatic rings. The Bertz CT molecular complexity index is 1480. The van der Waals surface area contributed by atoms with Gasteiger partial charge in [0.05, 0.1) is 29.9 Å². The van der Waals surface area contributed by atoms with Gasteiger partial charge in [0.15, 0.2) is 0 Å². The number of halogens is 1. The summed E-state index contributed by atoms with van der Waals surface area (Å²) in [6.07, 6.45) is -2.51. The number of rotatable bonds is 12. The van der Waals surface area contributed by atoms with Crippen molar-refractivity contribution < 1.29 is 45.7 Å². The summed E-state index contributed by atoms with van der Waals surface area (Å²) in [4.78, 5) is 25.0. The number of para-hydroxylation sites is 1. The van der Waals surface area contributed by atoms with E-state index in [1.54, 1.807) is 12.1 Å². The normalized spacial score (nSPS) is 11.6. The molecule has 4 rings (SSSR count). The van der Waals surface area contributed by atoms with Crippen molar-refractivity contribution in [3.8, 4) is 22.4 Å². The topological polar surface area (TPSA) is 206 Å². The summed E-state index contributed by atoms with van der Waals surface area (Å²) in [5.41, 5.74) is 4.77. The monoisotopic (exact) mass is 652 g/mol. The Morgan fingerprint density at radius 1 is 0.822 bits per heavy atom. The molecule has 2 atom stereocenters. The van der Waals surface area contributed by atoms with Crippen LogP contribution in [-0.2, 0) is 11.3 Å². The first-order valence-corrected chi connectivity index (χ1v) is 13.7. The zero-order valence-electron chi connectivity index (χ0n) is 25.3. The van der Waals surface area contributed by atoms with Crippen LogP contribution < -0.4 is 5.32 Å². The molecule has 0 spiro atoms. The Morgan fingerprint density at radius 2 is 1.38 bits per heavy atom. The minimum atomic E-state index is -1.18. The molecule has 3 aromatic carbocycles. The number of carbonyl (C=O) groups is 2. The van der Waals surface area contributed by atoms with E-state index >= 15 is 0 Å². The third-order valence-corrected chi connectivity index (χ3v) is 6.93. The maximum absolute atomic E-state index is 14.0. The van der Waals surface area contributed by atoms with Crippen LogP contribution in [-0.4, -0.2) is 98.1 Å². The molecule has 0 fully saturated rings. The molecule has 0 saturated heterocycles. The molecule has 10 nitrogen and oxygen atoms in total. The third-order valence-electron chi connectivity index (χ3n) is 6.93. The average molecular weight is 653 g/mol. The Kier molecular flexibility index (Phi) is 18.0. The second-order valence-corrected chi connectivity index (χ2v) is 10.4. The maximum Gasteiger partial charge on any atom is 0.305 e. The van der Waals surface area contributed by atoms with Crippen molar-refractivity contribution in [2.24, 2.45) is 0 Å². The van der Waals surface area contributed by atoms with Gasteiger partial charge in [-0.25, -0.2) is 4.39 Å². The molecule has 0 aliphatic heterocycles. The van der Waals surface area contributed by atoms with Gasteiger partial charge in [-0.05, 0) is 66.3 Å². The van der Waals surface area contributed by atoms with Crippen LogP contribution in [0.4, 0.5) is 10.1 Å². The molecule has 0 bridgehead atoms. The number of carboxylic acids is 1. The van der Waals surface area contributed by atoms with Crippen LogP contribution in [0, 0.1) is 5.82 Å². The fraction of sp³-hybridized carbons (Fsp3) is 0.273. The molecule has 10 N–H and O–H groups in total. The Balaban J connectivity index is 0.00000484. The fourth-order valence-corrected chi connectivity index (χ4v) is 5.20. The van der Waals surface area contributed by atoms with Gasteiger partial charge in [-0.1, -0.05) is 62.4 Å². The number of aliphatic hydroxyl groups excluding tert-OH is 2. The molecule has 1 aromatic heterocycles. The smallest absolute Gasteiger partial charge is 0.305 e. The van der Waals surface area contributed by atoms with Crippen LogP contribution >= 0.6 is 0 Å². The van der Waals surface area contributed by atoms with E-state index in [-0.39, 0.29) is 91.2 Å². The van der Waals surface area contributed by atoms with Gasteiger partial charge in [0.2, 0.25) is 0 Å². The molecule has 0 aliphatic rings. The second kappa shape index (κ2) is 19.4. The van der Waals surface area contributed by atoms with Gasteiger partial charge < -0.3 is 41.6 Å². The summed E-state index contributed by atoms with van der Waals surface area (Å²) in [5, 5.41) is 32.8. The second-order valence-electron chi connectivity index (χ2n) is 10.4. The summed E-state index contributed by atoms with van der Waals surface area (Å²) >= 11 is 0. The zero-order chi connectivity index (χ0) is 29.5. The average Bonchev–Trinajstić information content (AvgIpc) is 3.28. The number of hydrogen-bond acceptors (Lipinski definition) is 4. The fourth-order valence-electron chi connectivity index (χ4n) is 5.20. The molecule has 240 valence electrons. The van der Waals surface area contributed by atoms with Crippen molar-refractivity contribution in [1.82, 2.24) is 4.57 Å². The number of aliphatic hydroxyl groups is 2. The van der Waals surface area contributed by atoms with Crippen molar-refractivity contribution in [2.75, 3.05) is 5.32 Å². The van der Waals surface area contributed by atoms with Gasteiger partial charge in [0, 0.05) is 61.2 Å². The summed E-state index contributed by atoms with van der Waals surface area (Å²) in [6.45, 7) is 4.25. The first kappa shape index (κ1) is 41.9. The van der Waals surface area contributed by atoms with Crippen molar-refractivity contribution in [1.29, 1.82) is 0 Å². The number of carboxylic acid groups (broad SMARTS) is 1. The van der Waals surface area contributed by atoms with Crippen LogP contribution in [0.1, 0.15) is 55.1 Å². The molecule has 0 saturated carbocycles. The van der Waals surface area contributed by atoms with Crippen LogP contribution in [0.5, 0.6) is 0 Å². The van der Waals surface area contributed by atoms with Crippen molar-refractivity contribution in [3.63, 3.8) is 0 Å². The van der Waals surface area contributed by atoms with E-state index in [0.717, 1.165) is 11.3 Å². The molecular formula is C33H41CaFN2O8.